The van der Waals surface area contributed by atoms with Gasteiger partial charge in [-0.2, -0.15) is 0 Å². The van der Waals surface area contributed by atoms with Crippen molar-refractivity contribution in [2.45, 2.75) is 32.6 Å². The third-order valence-electron chi connectivity index (χ3n) is 3.65. The number of carboxylic acid groups (broad SMARTS) is 1. The normalized spacial score (nSPS) is 13.9. The number of hydrogen-bond acceptors (Lipinski definition) is 2. The van der Waals surface area contributed by atoms with Crippen LogP contribution in [0.25, 0.3) is 0 Å². The fourth-order valence-corrected chi connectivity index (χ4v) is 2.37. The quantitative estimate of drug-likeness (QED) is 0.571. The SMILES string of the molecule is CC(CCCc1c(F)c(F)cc(F)c1F)CC(CN)C(=O)O. The van der Waals surface area contributed by atoms with Gasteiger partial charge in [0.25, 0.3) is 0 Å². The van der Waals surface area contributed by atoms with Gasteiger partial charge in [0.15, 0.2) is 23.3 Å². The predicted molar refractivity (Wildman–Crippen MR) is 73.2 cm³/mol. The van der Waals surface area contributed by atoms with Crippen molar-refractivity contribution in [2.75, 3.05) is 6.54 Å². The first kappa shape index (κ1) is 18.4. The molecule has 0 aliphatic rings. The molecule has 3 nitrogen and oxygen atoms in total. The van der Waals surface area contributed by atoms with E-state index in [1.807, 2.05) is 0 Å². The molecule has 0 aromatic heterocycles. The molecule has 22 heavy (non-hydrogen) atoms. The van der Waals surface area contributed by atoms with E-state index in [0.717, 1.165) is 0 Å². The fourth-order valence-electron chi connectivity index (χ4n) is 2.37. The van der Waals surface area contributed by atoms with Crippen LogP contribution < -0.4 is 5.73 Å². The van der Waals surface area contributed by atoms with Gasteiger partial charge in [-0.1, -0.05) is 13.3 Å². The fraction of sp³-hybridized carbons (Fsp3) is 0.533. The lowest BCUT2D eigenvalue weighted by molar-refractivity contribution is -0.141. The van der Waals surface area contributed by atoms with E-state index in [4.69, 9.17) is 10.8 Å². The second kappa shape index (κ2) is 8.12. The summed E-state index contributed by atoms with van der Waals surface area (Å²) in [6.45, 7) is 1.81. The lowest BCUT2D eigenvalue weighted by Gasteiger charge is -2.16. The highest BCUT2D eigenvalue weighted by Crippen LogP contribution is 2.23. The maximum Gasteiger partial charge on any atom is 0.307 e. The van der Waals surface area contributed by atoms with Gasteiger partial charge in [0, 0.05) is 18.2 Å². The van der Waals surface area contributed by atoms with Gasteiger partial charge in [0.05, 0.1) is 5.92 Å². The number of benzene rings is 1. The molecule has 0 aliphatic carbocycles. The zero-order valence-electron chi connectivity index (χ0n) is 12.2. The Balaban J connectivity index is 2.60. The van der Waals surface area contributed by atoms with Crippen LogP contribution in [0.1, 0.15) is 31.7 Å². The van der Waals surface area contributed by atoms with E-state index in [1.54, 1.807) is 6.92 Å². The van der Waals surface area contributed by atoms with Crippen LogP contribution in [0.15, 0.2) is 6.07 Å². The van der Waals surface area contributed by atoms with Crippen LogP contribution in [0.3, 0.4) is 0 Å². The van der Waals surface area contributed by atoms with Crippen LogP contribution in [0.4, 0.5) is 17.6 Å². The van der Waals surface area contributed by atoms with Crippen molar-refractivity contribution in [1.29, 1.82) is 0 Å². The van der Waals surface area contributed by atoms with E-state index in [-0.39, 0.29) is 31.4 Å². The van der Waals surface area contributed by atoms with Crippen molar-refractivity contribution >= 4 is 5.97 Å². The van der Waals surface area contributed by atoms with Gasteiger partial charge >= 0.3 is 5.97 Å². The van der Waals surface area contributed by atoms with Crippen LogP contribution in [-0.4, -0.2) is 17.6 Å². The van der Waals surface area contributed by atoms with Crippen LogP contribution in [0.5, 0.6) is 0 Å². The molecule has 0 saturated heterocycles. The van der Waals surface area contributed by atoms with Gasteiger partial charge in [0.1, 0.15) is 0 Å². The first-order valence-corrected chi connectivity index (χ1v) is 7.02. The molecule has 0 saturated carbocycles. The summed E-state index contributed by atoms with van der Waals surface area (Å²) >= 11 is 0. The highest BCUT2D eigenvalue weighted by Gasteiger charge is 2.21. The first-order valence-electron chi connectivity index (χ1n) is 7.02. The largest absolute Gasteiger partial charge is 0.481 e. The van der Waals surface area contributed by atoms with Crippen LogP contribution in [-0.2, 0) is 11.2 Å². The molecule has 1 aromatic rings. The standard InChI is InChI=1S/C15H19F4NO2/c1-8(5-9(7-20)15(21)22)3-2-4-10-13(18)11(16)6-12(17)14(10)19/h6,8-9H,2-5,7,20H2,1H3,(H,21,22). The highest BCUT2D eigenvalue weighted by molar-refractivity contribution is 5.70. The van der Waals surface area contributed by atoms with Gasteiger partial charge in [-0.25, -0.2) is 17.6 Å². The highest BCUT2D eigenvalue weighted by atomic mass is 19.2. The van der Waals surface area contributed by atoms with E-state index in [1.165, 1.54) is 0 Å². The number of carboxylic acids is 1. The maximum atomic E-state index is 13.5. The van der Waals surface area contributed by atoms with Crippen LogP contribution in [0, 0.1) is 35.1 Å². The zero-order valence-corrected chi connectivity index (χ0v) is 12.2. The molecule has 124 valence electrons. The number of halogens is 4. The van der Waals surface area contributed by atoms with Crippen molar-refractivity contribution < 1.29 is 27.5 Å². The summed E-state index contributed by atoms with van der Waals surface area (Å²) in [5, 5.41) is 8.90. The number of hydrogen-bond donors (Lipinski definition) is 2. The van der Waals surface area contributed by atoms with Crippen molar-refractivity contribution in [3.8, 4) is 0 Å². The van der Waals surface area contributed by atoms with Gasteiger partial charge < -0.3 is 10.8 Å². The van der Waals surface area contributed by atoms with E-state index in [0.29, 0.717) is 12.8 Å². The second-order valence-corrected chi connectivity index (χ2v) is 5.45. The van der Waals surface area contributed by atoms with Gasteiger partial charge in [-0.15, -0.1) is 0 Å². The average molecular weight is 321 g/mol. The minimum absolute atomic E-state index is 0.0119. The third kappa shape index (κ3) is 4.69. The van der Waals surface area contributed by atoms with E-state index in [9.17, 15) is 22.4 Å². The van der Waals surface area contributed by atoms with Crippen molar-refractivity contribution in [1.82, 2.24) is 0 Å². The number of nitrogens with two attached hydrogens (primary N) is 1. The van der Waals surface area contributed by atoms with E-state index >= 15 is 0 Å². The summed E-state index contributed by atoms with van der Waals surface area (Å²) in [6, 6.07) is 0.176. The minimum atomic E-state index is -1.42. The number of carbonyl (C=O) groups is 1. The molecular weight excluding hydrogens is 302 g/mol. The summed E-state index contributed by atoms with van der Waals surface area (Å²) in [5.74, 6) is -7.29. The second-order valence-electron chi connectivity index (χ2n) is 5.45. The Hall–Kier alpha value is -1.63. The summed E-state index contributed by atoms with van der Waals surface area (Å²) in [4.78, 5) is 10.9. The van der Waals surface area contributed by atoms with Gasteiger partial charge in [-0.3, -0.25) is 4.79 Å². The van der Waals surface area contributed by atoms with Crippen molar-refractivity contribution in [2.24, 2.45) is 17.6 Å². The number of aliphatic carboxylic acids is 1. The molecule has 3 N–H and O–H groups in total. The Bertz CT molecular complexity index is 511. The van der Waals surface area contributed by atoms with Gasteiger partial charge in [0.2, 0.25) is 0 Å². The molecule has 1 rings (SSSR count). The molecule has 0 radical (unpaired) electrons. The zero-order chi connectivity index (χ0) is 16.9. The number of rotatable bonds is 8. The molecule has 2 unspecified atom stereocenters. The van der Waals surface area contributed by atoms with Gasteiger partial charge in [-0.05, 0) is 25.2 Å². The Morgan fingerprint density at radius 2 is 1.77 bits per heavy atom. The molecule has 0 fully saturated rings. The molecule has 0 heterocycles. The molecular formula is C15H19F4NO2. The molecule has 0 aliphatic heterocycles. The Morgan fingerprint density at radius 3 is 2.23 bits per heavy atom. The monoisotopic (exact) mass is 321 g/mol. The molecule has 2 atom stereocenters. The molecule has 1 aromatic carbocycles. The molecule has 7 heteroatoms. The summed E-state index contributed by atoms with van der Waals surface area (Å²) in [6.07, 6.45) is 0.945. The Labute approximate surface area is 126 Å². The molecule has 0 spiro atoms. The van der Waals surface area contributed by atoms with Crippen molar-refractivity contribution in [3.63, 3.8) is 0 Å². The summed E-state index contributed by atoms with van der Waals surface area (Å²) < 4.78 is 53.0. The maximum absolute atomic E-state index is 13.5. The average Bonchev–Trinajstić information content (AvgIpc) is 2.46. The molecule has 0 amide bonds. The molecule has 0 bridgehead atoms. The topological polar surface area (TPSA) is 63.3 Å². The van der Waals surface area contributed by atoms with Crippen LogP contribution in [0.2, 0.25) is 0 Å². The van der Waals surface area contributed by atoms with E-state index in [2.05, 4.69) is 0 Å². The predicted octanol–water partition coefficient (Wildman–Crippen LogP) is 3.25. The Kier molecular flexibility index (Phi) is 6.80. The lowest BCUT2D eigenvalue weighted by atomic mass is 9.91. The first-order chi connectivity index (χ1) is 10.3. The summed E-state index contributed by atoms with van der Waals surface area (Å²) in [5.41, 5.74) is 4.74. The van der Waals surface area contributed by atoms with Crippen molar-refractivity contribution in [3.05, 3.63) is 34.9 Å². The minimum Gasteiger partial charge on any atom is -0.481 e. The van der Waals surface area contributed by atoms with Crippen LogP contribution >= 0.6 is 0 Å². The lowest BCUT2D eigenvalue weighted by Crippen LogP contribution is -2.25. The Morgan fingerprint density at radius 1 is 1.23 bits per heavy atom. The smallest absolute Gasteiger partial charge is 0.307 e. The summed E-state index contributed by atoms with van der Waals surface area (Å²) in [7, 11) is 0. The third-order valence-corrected chi connectivity index (χ3v) is 3.65. The van der Waals surface area contributed by atoms with E-state index < -0.39 is 40.7 Å².